The molecule has 7 heteroatoms. The molecule has 0 amide bonds. The van der Waals surface area contributed by atoms with Crippen LogP contribution in [-0.2, 0) is 13.1 Å². The number of thiazole rings is 1. The molecule has 1 aromatic heterocycles. The van der Waals surface area contributed by atoms with E-state index in [-0.39, 0.29) is 24.0 Å². The van der Waals surface area contributed by atoms with Gasteiger partial charge >= 0.3 is 0 Å². The maximum absolute atomic E-state index is 6.29. The SMILES string of the molecule is CN=C(NCc1nc(C)c(C)s1)NCc1ccc(C)cc1OC1CCCC1.I. The Morgan fingerprint density at radius 1 is 1.18 bits per heavy atom. The maximum Gasteiger partial charge on any atom is 0.191 e. The van der Waals surface area contributed by atoms with Gasteiger partial charge in [0, 0.05) is 24.0 Å². The summed E-state index contributed by atoms with van der Waals surface area (Å²) in [6.45, 7) is 7.62. The Labute approximate surface area is 189 Å². The smallest absolute Gasteiger partial charge is 0.191 e. The highest BCUT2D eigenvalue weighted by molar-refractivity contribution is 14.0. The van der Waals surface area contributed by atoms with Crippen molar-refractivity contribution in [1.82, 2.24) is 15.6 Å². The Morgan fingerprint density at radius 2 is 1.89 bits per heavy atom. The normalized spacial score (nSPS) is 14.6. The zero-order valence-electron chi connectivity index (χ0n) is 17.2. The number of guanidine groups is 1. The van der Waals surface area contributed by atoms with Crippen molar-refractivity contribution >= 4 is 41.3 Å². The summed E-state index contributed by atoms with van der Waals surface area (Å²) in [6.07, 6.45) is 5.24. The first kappa shape index (κ1) is 22.9. The number of benzene rings is 1. The first-order valence-corrected chi connectivity index (χ1v) is 10.5. The third-order valence-electron chi connectivity index (χ3n) is 4.97. The summed E-state index contributed by atoms with van der Waals surface area (Å²) in [5.41, 5.74) is 3.49. The van der Waals surface area contributed by atoms with Crippen LogP contribution in [0.25, 0.3) is 0 Å². The van der Waals surface area contributed by atoms with Crippen molar-refractivity contribution in [1.29, 1.82) is 0 Å². The number of aromatic nitrogens is 1. The lowest BCUT2D eigenvalue weighted by Gasteiger charge is -2.18. The van der Waals surface area contributed by atoms with E-state index < -0.39 is 0 Å². The fourth-order valence-electron chi connectivity index (χ4n) is 3.28. The van der Waals surface area contributed by atoms with Crippen molar-refractivity contribution in [2.75, 3.05) is 7.05 Å². The predicted molar refractivity (Wildman–Crippen MR) is 128 cm³/mol. The fraction of sp³-hybridized carbons (Fsp3) is 0.524. The first-order valence-electron chi connectivity index (χ1n) is 9.68. The van der Waals surface area contributed by atoms with Crippen LogP contribution in [0.2, 0.25) is 0 Å². The van der Waals surface area contributed by atoms with E-state index in [0.29, 0.717) is 19.2 Å². The zero-order valence-corrected chi connectivity index (χ0v) is 20.3. The molecule has 0 bridgehead atoms. The van der Waals surface area contributed by atoms with Crippen LogP contribution in [0.5, 0.6) is 5.75 Å². The maximum atomic E-state index is 6.29. The standard InChI is InChI=1S/C21H30N4OS.HI/c1-14-9-10-17(19(11-14)26-18-7-5-6-8-18)12-23-21(22-4)24-13-20-25-15(2)16(3)27-20;/h9-11,18H,5-8,12-13H2,1-4H3,(H2,22,23,24);1H. The molecule has 0 saturated heterocycles. The van der Waals surface area contributed by atoms with E-state index in [4.69, 9.17) is 4.74 Å². The second-order valence-electron chi connectivity index (χ2n) is 7.16. The number of halogens is 1. The number of aryl methyl sites for hydroxylation is 3. The molecule has 0 spiro atoms. The molecule has 28 heavy (non-hydrogen) atoms. The molecule has 1 aromatic carbocycles. The largest absolute Gasteiger partial charge is 0.490 e. The van der Waals surface area contributed by atoms with Gasteiger partial charge in [-0.05, 0) is 58.1 Å². The summed E-state index contributed by atoms with van der Waals surface area (Å²) in [5.74, 6) is 1.77. The topological polar surface area (TPSA) is 58.5 Å². The summed E-state index contributed by atoms with van der Waals surface area (Å²) >= 11 is 1.73. The van der Waals surface area contributed by atoms with Gasteiger partial charge in [-0.25, -0.2) is 4.98 Å². The van der Waals surface area contributed by atoms with E-state index in [1.807, 2.05) is 6.92 Å². The third-order valence-corrected chi connectivity index (χ3v) is 6.04. The number of hydrogen-bond acceptors (Lipinski definition) is 4. The number of rotatable bonds is 6. The van der Waals surface area contributed by atoms with Gasteiger partial charge in [-0.2, -0.15) is 0 Å². The fourth-order valence-corrected chi connectivity index (χ4v) is 4.15. The van der Waals surface area contributed by atoms with Gasteiger partial charge in [-0.15, -0.1) is 35.3 Å². The molecule has 1 aliphatic carbocycles. The van der Waals surface area contributed by atoms with E-state index >= 15 is 0 Å². The summed E-state index contributed by atoms with van der Waals surface area (Å²) in [4.78, 5) is 10.2. The van der Waals surface area contributed by atoms with E-state index in [9.17, 15) is 0 Å². The van der Waals surface area contributed by atoms with Crippen LogP contribution in [0.15, 0.2) is 23.2 Å². The minimum absolute atomic E-state index is 0. The molecule has 0 aliphatic heterocycles. The molecule has 1 saturated carbocycles. The van der Waals surface area contributed by atoms with E-state index in [1.165, 1.54) is 23.3 Å². The molecule has 2 aromatic rings. The highest BCUT2D eigenvalue weighted by atomic mass is 127. The lowest BCUT2D eigenvalue weighted by Crippen LogP contribution is -2.36. The molecule has 1 fully saturated rings. The quantitative estimate of drug-likeness (QED) is 0.328. The van der Waals surface area contributed by atoms with Crippen LogP contribution in [-0.4, -0.2) is 24.1 Å². The molecule has 0 unspecified atom stereocenters. The van der Waals surface area contributed by atoms with E-state index in [2.05, 4.69) is 52.7 Å². The number of ether oxygens (including phenoxy) is 1. The Hall–Kier alpha value is -1.35. The van der Waals surface area contributed by atoms with Crippen molar-refractivity contribution in [3.05, 3.63) is 44.9 Å². The second kappa shape index (κ2) is 11.0. The lowest BCUT2D eigenvalue weighted by atomic mass is 10.1. The number of nitrogens with zero attached hydrogens (tertiary/aromatic N) is 2. The van der Waals surface area contributed by atoms with E-state index in [0.717, 1.165) is 40.8 Å². The minimum atomic E-state index is 0. The van der Waals surface area contributed by atoms with Crippen LogP contribution < -0.4 is 15.4 Å². The van der Waals surface area contributed by atoms with Gasteiger partial charge in [0.2, 0.25) is 0 Å². The highest BCUT2D eigenvalue weighted by Crippen LogP contribution is 2.27. The molecule has 3 rings (SSSR count). The monoisotopic (exact) mass is 514 g/mol. The summed E-state index contributed by atoms with van der Waals surface area (Å²) in [7, 11) is 1.79. The molecule has 2 N–H and O–H groups in total. The van der Waals surface area contributed by atoms with Crippen molar-refractivity contribution in [2.24, 2.45) is 4.99 Å². The Bertz CT molecular complexity index is 780. The van der Waals surface area contributed by atoms with Gasteiger partial charge in [0.25, 0.3) is 0 Å². The highest BCUT2D eigenvalue weighted by Gasteiger charge is 2.18. The van der Waals surface area contributed by atoms with Crippen LogP contribution in [0.1, 0.15) is 52.4 Å². The Morgan fingerprint density at radius 3 is 2.54 bits per heavy atom. The van der Waals surface area contributed by atoms with Crippen molar-refractivity contribution in [2.45, 2.75) is 65.6 Å². The average molecular weight is 514 g/mol. The lowest BCUT2D eigenvalue weighted by molar-refractivity contribution is 0.207. The van der Waals surface area contributed by atoms with Crippen LogP contribution in [0, 0.1) is 20.8 Å². The van der Waals surface area contributed by atoms with Gasteiger partial charge in [0.05, 0.1) is 18.3 Å². The number of aliphatic imine (C=N–C) groups is 1. The molecule has 0 radical (unpaired) electrons. The van der Waals surface area contributed by atoms with E-state index in [1.54, 1.807) is 18.4 Å². The van der Waals surface area contributed by atoms with Crippen LogP contribution >= 0.6 is 35.3 Å². The van der Waals surface area contributed by atoms with Gasteiger partial charge in [-0.1, -0.05) is 12.1 Å². The number of hydrogen-bond donors (Lipinski definition) is 2. The molecule has 1 aliphatic rings. The van der Waals surface area contributed by atoms with Gasteiger partial charge in [0.15, 0.2) is 5.96 Å². The van der Waals surface area contributed by atoms with Gasteiger partial charge < -0.3 is 15.4 Å². The average Bonchev–Trinajstić information content (AvgIpc) is 3.26. The van der Waals surface area contributed by atoms with Crippen LogP contribution in [0.3, 0.4) is 0 Å². The Balaban J connectivity index is 0.00000280. The molecule has 1 heterocycles. The zero-order chi connectivity index (χ0) is 19.2. The molecule has 154 valence electrons. The summed E-state index contributed by atoms with van der Waals surface area (Å²) < 4.78 is 6.29. The Kier molecular flexibility index (Phi) is 9.01. The molecular formula is C21H31IN4OS. The summed E-state index contributed by atoms with van der Waals surface area (Å²) in [5, 5.41) is 7.82. The van der Waals surface area contributed by atoms with Crippen molar-refractivity contribution in [3.8, 4) is 5.75 Å². The number of nitrogens with one attached hydrogen (secondary N) is 2. The molecule has 0 atom stereocenters. The minimum Gasteiger partial charge on any atom is -0.490 e. The van der Waals surface area contributed by atoms with Gasteiger partial charge in [-0.3, -0.25) is 4.99 Å². The third kappa shape index (κ3) is 6.34. The van der Waals surface area contributed by atoms with Crippen molar-refractivity contribution < 1.29 is 4.74 Å². The molecule has 5 nitrogen and oxygen atoms in total. The first-order chi connectivity index (χ1) is 13.0. The second-order valence-corrected chi connectivity index (χ2v) is 8.45. The summed E-state index contributed by atoms with van der Waals surface area (Å²) in [6, 6.07) is 6.43. The van der Waals surface area contributed by atoms with Crippen LogP contribution in [0.4, 0.5) is 0 Å². The molecular weight excluding hydrogens is 483 g/mol. The van der Waals surface area contributed by atoms with Crippen molar-refractivity contribution in [3.63, 3.8) is 0 Å². The predicted octanol–water partition coefficient (Wildman–Crippen LogP) is 4.87. The van der Waals surface area contributed by atoms with Gasteiger partial charge in [0.1, 0.15) is 10.8 Å².